The molecule has 0 saturated heterocycles. The Kier molecular flexibility index (Phi) is 5.51. The van der Waals surface area contributed by atoms with E-state index < -0.39 is 0 Å². The van der Waals surface area contributed by atoms with Gasteiger partial charge < -0.3 is 15.2 Å². The lowest BCUT2D eigenvalue weighted by Gasteiger charge is -2.38. The fourth-order valence-corrected chi connectivity index (χ4v) is 3.75. The molecular formula is C18H29NO2. The molecule has 3 atom stereocenters. The number of nitrogens with two attached hydrogens (primary N) is 1. The molecule has 0 radical (unpaired) electrons. The second-order valence-electron chi connectivity index (χ2n) is 6.50. The summed E-state index contributed by atoms with van der Waals surface area (Å²) in [4.78, 5) is 0. The summed E-state index contributed by atoms with van der Waals surface area (Å²) < 4.78 is 11.2. The van der Waals surface area contributed by atoms with Gasteiger partial charge in [-0.25, -0.2) is 0 Å². The van der Waals surface area contributed by atoms with Gasteiger partial charge in [0.15, 0.2) is 0 Å². The molecule has 3 unspecified atom stereocenters. The van der Waals surface area contributed by atoms with Crippen LogP contribution in [-0.2, 0) is 0 Å². The van der Waals surface area contributed by atoms with Crippen LogP contribution < -0.4 is 15.2 Å². The molecule has 2 rings (SSSR count). The van der Waals surface area contributed by atoms with Gasteiger partial charge in [0.25, 0.3) is 0 Å². The normalized spacial score (nSPS) is 25.9. The van der Waals surface area contributed by atoms with Gasteiger partial charge in [0.1, 0.15) is 11.5 Å². The highest BCUT2D eigenvalue weighted by molar-refractivity contribution is 5.47. The zero-order valence-corrected chi connectivity index (χ0v) is 13.8. The summed E-state index contributed by atoms with van der Waals surface area (Å²) in [5, 5.41) is 0. The lowest BCUT2D eigenvalue weighted by atomic mass is 9.68. The van der Waals surface area contributed by atoms with Gasteiger partial charge in [-0.3, -0.25) is 0 Å². The molecular weight excluding hydrogens is 262 g/mol. The average Bonchev–Trinajstić information content (AvgIpc) is 2.53. The van der Waals surface area contributed by atoms with Gasteiger partial charge in [0.05, 0.1) is 14.2 Å². The minimum absolute atomic E-state index is 0.433. The minimum Gasteiger partial charge on any atom is -0.496 e. The highest BCUT2D eigenvalue weighted by atomic mass is 16.5. The molecule has 0 amide bonds. The van der Waals surface area contributed by atoms with E-state index in [0.717, 1.165) is 24.0 Å². The second kappa shape index (κ2) is 7.17. The van der Waals surface area contributed by atoms with Crippen LogP contribution in [0.25, 0.3) is 0 Å². The Morgan fingerprint density at radius 3 is 2.24 bits per heavy atom. The maximum absolute atomic E-state index is 6.05. The molecule has 2 N–H and O–H groups in total. The Balaban J connectivity index is 2.40. The predicted molar refractivity (Wildman–Crippen MR) is 87.0 cm³/mol. The van der Waals surface area contributed by atoms with Crippen molar-refractivity contribution in [3.63, 3.8) is 0 Å². The first-order valence-electron chi connectivity index (χ1n) is 8.03. The Morgan fingerprint density at radius 2 is 1.76 bits per heavy atom. The molecule has 118 valence electrons. The first-order chi connectivity index (χ1) is 10.1. The van der Waals surface area contributed by atoms with Crippen LogP contribution in [-0.4, -0.2) is 20.8 Å². The Hall–Kier alpha value is -1.22. The van der Waals surface area contributed by atoms with Gasteiger partial charge in [0, 0.05) is 5.56 Å². The van der Waals surface area contributed by atoms with E-state index in [9.17, 15) is 0 Å². The van der Waals surface area contributed by atoms with Crippen LogP contribution in [0.2, 0.25) is 0 Å². The van der Waals surface area contributed by atoms with Crippen molar-refractivity contribution in [1.82, 2.24) is 0 Å². The fraction of sp³-hybridized carbons (Fsp3) is 0.667. The van der Waals surface area contributed by atoms with Crippen molar-refractivity contribution in [2.45, 2.75) is 39.0 Å². The molecule has 0 bridgehead atoms. The SMILES string of the molecule is COc1cccc(OC)c1C1CC(C(C)C)CCC1CN. The van der Waals surface area contributed by atoms with Gasteiger partial charge in [-0.1, -0.05) is 19.9 Å². The van der Waals surface area contributed by atoms with Crippen LogP contribution >= 0.6 is 0 Å². The predicted octanol–water partition coefficient (Wildman–Crippen LogP) is 3.82. The topological polar surface area (TPSA) is 44.5 Å². The van der Waals surface area contributed by atoms with Crippen LogP contribution in [0.4, 0.5) is 0 Å². The number of hydrogen-bond acceptors (Lipinski definition) is 3. The van der Waals surface area contributed by atoms with Crippen LogP contribution in [0.5, 0.6) is 11.5 Å². The molecule has 0 spiro atoms. The molecule has 0 heterocycles. The van der Waals surface area contributed by atoms with E-state index in [1.54, 1.807) is 14.2 Å². The van der Waals surface area contributed by atoms with Crippen LogP contribution in [0.3, 0.4) is 0 Å². The van der Waals surface area contributed by atoms with Crippen LogP contribution in [0.15, 0.2) is 18.2 Å². The first-order valence-corrected chi connectivity index (χ1v) is 8.03. The van der Waals surface area contributed by atoms with Crippen molar-refractivity contribution < 1.29 is 9.47 Å². The minimum atomic E-state index is 0.433. The lowest BCUT2D eigenvalue weighted by Crippen LogP contribution is -2.31. The van der Waals surface area contributed by atoms with Gasteiger partial charge in [-0.15, -0.1) is 0 Å². The summed E-state index contributed by atoms with van der Waals surface area (Å²) in [7, 11) is 3.47. The first kappa shape index (κ1) is 16.2. The molecule has 1 fully saturated rings. The standard InChI is InChI=1S/C18H29NO2/c1-12(2)13-8-9-14(11-19)15(10-13)18-16(20-3)6-5-7-17(18)21-4/h5-7,12-15H,8-11,19H2,1-4H3. The Bertz CT molecular complexity index is 436. The number of hydrogen-bond donors (Lipinski definition) is 1. The summed E-state index contributed by atoms with van der Waals surface area (Å²) in [6, 6.07) is 6.05. The second-order valence-corrected chi connectivity index (χ2v) is 6.50. The third-order valence-corrected chi connectivity index (χ3v) is 5.12. The lowest BCUT2D eigenvalue weighted by molar-refractivity contribution is 0.192. The van der Waals surface area contributed by atoms with Crippen LogP contribution in [0, 0.1) is 17.8 Å². The largest absolute Gasteiger partial charge is 0.496 e. The highest BCUT2D eigenvalue weighted by Crippen LogP contribution is 2.48. The molecule has 0 aromatic heterocycles. The third-order valence-electron chi connectivity index (χ3n) is 5.12. The molecule has 21 heavy (non-hydrogen) atoms. The average molecular weight is 291 g/mol. The van der Waals surface area contributed by atoms with Crippen molar-refractivity contribution in [2.24, 2.45) is 23.5 Å². The molecule has 3 nitrogen and oxygen atoms in total. The number of methoxy groups -OCH3 is 2. The summed E-state index contributed by atoms with van der Waals surface area (Å²) in [6.07, 6.45) is 3.66. The van der Waals surface area contributed by atoms with Crippen molar-refractivity contribution in [3.05, 3.63) is 23.8 Å². The number of rotatable bonds is 5. The molecule has 0 aliphatic heterocycles. The van der Waals surface area contributed by atoms with E-state index in [-0.39, 0.29) is 0 Å². The summed E-state index contributed by atoms with van der Waals surface area (Å²) >= 11 is 0. The summed E-state index contributed by atoms with van der Waals surface area (Å²) in [5.41, 5.74) is 7.27. The van der Waals surface area contributed by atoms with E-state index in [4.69, 9.17) is 15.2 Å². The zero-order valence-electron chi connectivity index (χ0n) is 13.8. The third kappa shape index (κ3) is 3.34. The molecule has 1 saturated carbocycles. The maximum atomic E-state index is 6.05. The summed E-state index contributed by atoms with van der Waals surface area (Å²) in [6.45, 7) is 5.38. The smallest absolute Gasteiger partial charge is 0.126 e. The Labute approximate surface area is 128 Å². The fourth-order valence-electron chi connectivity index (χ4n) is 3.75. The zero-order chi connectivity index (χ0) is 15.4. The van der Waals surface area contributed by atoms with Crippen molar-refractivity contribution in [1.29, 1.82) is 0 Å². The van der Waals surface area contributed by atoms with Gasteiger partial charge in [-0.05, 0) is 61.6 Å². The molecule has 1 aromatic carbocycles. The Morgan fingerprint density at radius 1 is 1.14 bits per heavy atom. The van der Waals surface area contributed by atoms with Gasteiger partial charge in [-0.2, -0.15) is 0 Å². The number of ether oxygens (including phenoxy) is 2. The highest BCUT2D eigenvalue weighted by Gasteiger charge is 2.35. The van der Waals surface area contributed by atoms with Crippen molar-refractivity contribution in [2.75, 3.05) is 20.8 Å². The van der Waals surface area contributed by atoms with E-state index in [2.05, 4.69) is 13.8 Å². The maximum Gasteiger partial charge on any atom is 0.126 e. The molecule has 1 aromatic rings. The van der Waals surface area contributed by atoms with E-state index in [0.29, 0.717) is 17.8 Å². The van der Waals surface area contributed by atoms with E-state index in [1.165, 1.54) is 24.8 Å². The van der Waals surface area contributed by atoms with E-state index >= 15 is 0 Å². The molecule has 1 aliphatic rings. The van der Waals surface area contributed by atoms with Gasteiger partial charge >= 0.3 is 0 Å². The van der Waals surface area contributed by atoms with Gasteiger partial charge in [0.2, 0.25) is 0 Å². The molecule has 3 heteroatoms. The van der Waals surface area contributed by atoms with Crippen molar-refractivity contribution in [3.8, 4) is 11.5 Å². The van der Waals surface area contributed by atoms with Crippen LogP contribution in [0.1, 0.15) is 44.6 Å². The van der Waals surface area contributed by atoms with Crippen molar-refractivity contribution >= 4 is 0 Å². The number of benzene rings is 1. The quantitative estimate of drug-likeness (QED) is 0.897. The monoisotopic (exact) mass is 291 g/mol. The van der Waals surface area contributed by atoms with E-state index in [1.807, 2.05) is 18.2 Å². The molecule has 1 aliphatic carbocycles. The summed E-state index contributed by atoms with van der Waals surface area (Å²) in [5.74, 6) is 4.29.